The van der Waals surface area contributed by atoms with Crippen LogP contribution in [0.25, 0.3) is 6.08 Å². The monoisotopic (exact) mass is 325 g/mol. The predicted octanol–water partition coefficient (Wildman–Crippen LogP) is 0.166. The molecule has 0 atom stereocenters. The van der Waals surface area contributed by atoms with Crippen LogP contribution >= 0.6 is 0 Å². The molecular formula is C13H15N3O5S. The van der Waals surface area contributed by atoms with Crippen LogP contribution in [0.5, 0.6) is 5.75 Å². The molecule has 8 nitrogen and oxygen atoms in total. The van der Waals surface area contributed by atoms with Crippen molar-refractivity contribution < 1.29 is 22.2 Å². The van der Waals surface area contributed by atoms with Crippen LogP contribution in [0.1, 0.15) is 12.0 Å². The minimum Gasteiger partial charge on any atom is -0.493 e. The van der Waals surface area contributed by atoms with E-state index in [4.69, 9.17) is 15.9 Å². The molecule has 1 aromatic carbocycles. The van der Waals surface area contributed by atoms with Gasteiger partial charge in [0.05, 0.1) is 6.61 Å². The molecule has 0 fully saturated rings. The second-order valence-corrected chi connectivity index (χ2v) is 6.10. The van der Waals surface area contributed by atoms with E-state index >= 15 is 0 Å². The van der Waals surface area contributed by atoms with Gasteiger partial charge in [0.25, 0.3) is 10.1 Å². The summed E-state index contributed by atoms with van der Waals surface area (Å²) in [6, 6.07) is 7.15. The number of nitrogens with one attached hydrogen (secondary N) is 2. The molecule has 0 radical (unpaired) electrons. The molecule has 0 spiro atoms. The van der Waals surface area contributed by atoms with E-state index in [0.717, 1.165) is 0 Å². The molecule has 1 aliphatic heterocycles. The van der Waals surface area contributed by atoms with Crippen LogP contribution in [0, 0.1) is 5.41 Å². The number of carbonyl (C=O) groups is 1. The first-order chi connectivity index (χ1) is 10.4. The van der Waals surface area contributed by atoms with Crippen molar-refractivity contribution in [3.05, 3.63) is 35.4 Å². The van der Waals surface area contributed by atoms with E-state index in [1.54, 1.807) is 29.8 Å². The maximum absolute atomic E-state index is 12.1. The van der Waals surface area contributed by atoms with E-state index in [9.17, 15) is 13.2 Å². The summed E-state index contributed by atoms with van der Waals surface area (Å²) in [5.74, 6) is -1.47. The maximum Gasteiger partial charge on any atom is 0.295 e. The zero-order valence-electron chi connectivity index (χ0n) is 11.5. The number of benzene rings is 1. The van der Waals surface area contributed by atoms with E-state index in [-0.39, 0.29) is 6.61 Å². The summed E-state index contributed by atoms with van der Waals surface area (Å²) < 4.78 is 32.9. The number of hydrogen-bond donors (Lipinski definition) is 3. The molecule has 0 aliphatic carbocycles. The molecular weight excluding hydrogens is 310 g/mol. The molecule has 0 amide bonds. The Labute approximate surface area is 127 Å². The van der Waals surface area contributed by atoms with Crippen LogP contribution in [0.15, 0.2) is 29.8 Å². The number of carbonyl (C=O) groups excluding carboxylic acids is 1. The normalized spacial score (nSPS) is 14.1. The van der Waals surface area contributed by atoms with Crippen molar-refractivity contribution in [3.8, 4) is 5.75 Å². The molecule has 1 aromatic rings. The van der Waals surface area contributed by atoms with Crippen LogP contribution in [-0.2, 0) is 19.2 Å². The first-order valence-corrected chi connectivity index (χ1v) is 7.92. The summed E-state index contributed by atoms with van der Waals surface area (Å²) in [5, 5.41) is 6.83. The highest BCUT2D eigenvalue weighted by Crippen LogP contribution is 2.25. The van der Waals surface area contributed by atoms with Crippen molar-refractivity contribution in [2.75, 3.05) is 12.4 Å². The summed E-state index contributed by atoms with van der Waals surface area (Å²) in [7, 11) is -4.18. The number of Topliss-reactive ketones (excluding diaryl/α,β-unsaturated/α-hetero) is 1. The largest absolute Gasteiger partial charge is 0.493 e. The van der Waals surface area contributed by atoms with Gasteiger partial charge in [-0.3, -0.25) is 10.2 Å². The fourth-order valence-corrected chi connectivity index (χ4v) is 2.66. The second-order valence-electron chi connectivity index (χ2n) is 4.53. The van der Waals surface area contributed by atoms with Gasteiger partial charge in [0.15, 0.2) is 5.78 Å². The number of fused-ring (bicyclic) bond motifs is 1. The Balaban J connectivity index is 2.13. The number of para-hydroxylation sites is 1. The first kappa shape index (κ1) is 16.0. The zero-order valence-corrected chi connectivity index (χ0v) is 12.4. The lowest BCUT2D eigenvalue weighted by Crippen LogP contribution is -2.34. The number of nitrogens with two attached hydrogens (primary N) is 1. The Morgan fingerprint density at radius 2 is 2.14 bits per heavy atom. The van der Waals surface area contributed by atoms with Crippen molar-refractivity contribution in [2.24, 2.45) is 5.73 Å². The molecule has 0 saturated heterocycles. The van der Waals surface area contributed by atoms with Gasteiger partial charge >= 0.3 is 0 Å². The number of hydrogen-bond acceptors (Lipinski definition) is 6. The Bertz CT molecular complexity index is 727. The lowest BCUT2D eigenvalue weighted by Gasteiger charge is -2.06. The first-order valence-electron chi connectivity index (χ1n) is 6.34. The van der Waals surface area contributed by atoms with Crippen LogP contribution in [0.2, 0.25) is 0 Å². The summed E-state index contributed by atoms with van der Waals surface area (Å²) in [4.78, 5) is 12.1. The van der Waals surface area contributed by atoms with E-state index in [1.807, 2.05) is 6.07 Å². The number of hydroxylamine groups is 1. The number of guanidine groups is 1. The molecule has 1 heterocycles. The third-order valence-electron chi connectivity index (χ3n) is 2.82. The molecule has 2 rings (SSSR count). The van der Waals surface area contributed by atoms with Gasteiger partial charge in [-0.1, -0.05) is 18.2 Å². The summed E-state index contributed by atoms with van der Waals surface area (Å²) in [6.45, 7) is 0.279. The average Bonchev–Trinajstić information content (AvgIpc) is 2.67. The fourth-order valence-electron chi connectivity index (χ4n) is 1.87. The lowest BCUT2D eigenvalue weighted by molar-refractivity contribution is -0.113. The molecule has 22 heavy (non-hydrogen) atoms. The van der Waals surface area contributed by atoms with Crippen molar-refractivity contribution in [1.29, 1.82) is 5.41 Å². The quantitative estimate of drug-likeness (QED) is 0.399. The SMILES string of the molecule is N=C(N)NOS(=O)(=O)CC(=O)C1=Cc2ccccc2OCC1. The second kappa shape index (κ2) is 6.58. The minimum absolute atomic E-state index is 0.279. The molecule has 1 aliphatic rings. The topological polar surface area (TPSA) is 132 Å². The fraction of sp³-hybridized carbons (Fsp3) is 0.231. The molecule has 0 unspecified atom stereocenters. The molecule has 0 saturated carbocycles. The maximum atomic E-state index is 12.1. The molecule has 4 N–H and O–H groups in total. The van der Waals surface area contributed by atoms with Crippen molar-refractivity contribution >= 4 is 27.9 Å². The third-order valence-corrected chi connectivity index (χ3v) is 3.78. The molecule has 118 valence electrons. The van der Waals surface area contributed by atoms with Gasteiger partial charge in [-0.25, -0.2) is 5.48 Å². The molecule has 0 bridgehead atoms. The highest BCUT2D eigenvalue weighted by atomic mass is 32.2. The van der Waals surface area contributed by atoms with Crippen molar-refractivity contribution in [3.63, 3.8) is 0 Å². The predicted molar refractivity (Wildman–Crippen MR) is 79.5 cm³/mol. The van der Waals surface area contributed by atoms with Crippen LogP contribution in [-0.4, -0.2) is 32.5 Å². The Morgan fingerprint density at radius 1 is 1.41 bits per heavy atom. The zero-order chi connectivity index (χ0) is 16.2. The van der Waals surface area contributed by atoms with Gasteiger partial charge in [-0.15, -0.1) is 4.28 Å². The third kappa shape index (κ3) is 4.30. The van der Waals surface area contributed by atoms with Crippen molar-refractivity contribution in [1.82, 2.24) is 5.48 Å². The number of ketones is 1. The van der Waals surface area contributed by atoms with Crippen LogP contribution in [0.4, 0.5) is 0 Å². The summed E-state index contributed by atoms with van der Waals surface area (Å²) in [6.07, 6.45) is 1.90. The van der Waals surface area contributed by atoms with Crippen molar-refractivity contribution in [2.45, 2.75) is 6.42 Å². The number of rotatable bonds is 5. The van der Waals surface area contributed by atoms with E-state index in [2.05, 4.69) is 4.28 Å². The van der Waals surface area contributed by atoms with Crippen LogP contribution < -0.4 is 16.0 Å². The Kier molecular flexibility index (Phi) is 4.78. The minimum atomic E-state index is -4.18. The van der Waals surface area contributed by atoms with E-state index in [1.165, 1.54) is 0 Å². The van der Waals surface area contributed by atoms with Gasteiger partial charge < -0.3 is 10.5 Å². The van der Waals surface area contributed by atoms with Gasteiger partial charge in [0.1, 0.15) is 11.5 Å². The molecule has 9 heteroatoms. The van der Waals surface area contributed by atoms with Crippen LogP contribution in [0.3, 0.4) is 0 Å². The highest BCUT2D eigenvalue weighted by molar-refractivity contribution is 7.87. The summed E-state index contributed by atoms with van der Waals surface area (Å²) in [5.41, 5.74) is 7.66. The van der Waals surface area contributed by atoms with Gasteiger partial charge in [-0.2, -0.15) is 8.42 Å². The average molecular weight is 325 g/mol. The Hall–Kier alpha value is -2.39. The van der Waals surface area contributed by atoms with Gasteiger partial charge in [0, 0.05) is 17.6 Å². The smallest absolute Gasteiger partial charge is 0.295 e. The standard InChI is InChI=1S/C13H15N3O5S/c14-13(15)16-21-22(18,19)8-11(17)9-5-6-20-12-4-2-1-3-10(12)7-9/h1-4,7H,5-6,8H2,(H4,14,15,16). The molecule has 0 aromatic heterocycles. The van der Waals surface area contributed by atoms with E-state index < -0.39 is 27.6 Å². The van der Waals surface area contributed by atoms with Gasteiger partial charge in [0.2, 0.25) is 5.96 Å². The Morgan fingerprint density at radius 3 is 2.86 bits per heavy atom. The summed E-state index contributed by atoms with van der Waals surface area (Å²) >= 11 is 0. The number of ether oxygens (including phenoxy) is 1. The highest BCUT2D eigenvalue weighted by Gasteiger charge is 2.22. The van der Waals surface area contributed by atoms with Gasteiger partial charge in [-0.05, 0) is 12.1 Å². The van der Waals surface area contributed by atoms with E-state index in [0.29, 0.717) is 23.3 Å². The lowest BCUT2D eigenvalue weighted by atomic mass is 10.1.